The molecule has 33 heavy (non-hydrogen) atoms. The SMILES string of the molecule is COc1ccc(C(CNC(=O)c2sc(C)nc2-c2ccccc2)N2CCOCC2)cc1OC. The van der Waals surface area contributed by atoms with Gasteiger partial charge in [0.25, 0.3) is 5.91 Å². The van der Waals surface area contributed by atoms with Crippen molar-refractivity contribution in [1.82, 2.24) is 15.2 Å². The van der Waals surface area contributed by atoms with Crippen LogP contribution in [-0.4, -0.2) is 62.9 Å². The Balaban J connectivity index is 1.57. The molecule has 3 aromatic rings. The number of ether oxygens (including phenoxy) is 3. The number of methoxy groups -OCH3 is 2. The summed E-state index contributed by atoms with van der Waals surface area (Å²) in [5.74, 6) is 1.24. The van der Waals surface area contributed by atoms with Crippen molar-refractivity contribution >= 4 is 17.2 Å². The van der Waals surface area contributed by atoms with Crippen LogP contribution in [0.15, 0.2) is 48.5 Å². The van der Waals surface area contributed by atoms with Crippen molar-refractivity contribution in [3.63, 3.8) is 0 Å². The normalized spacial score (nSPS) is 15.1. The van der Waals surface area contributed by atoms with Crippen molar-refractivity contribution in [2.45, 2.75) is 13.0 Å². The molecule has 1 aromatic heterocycles. The smallest absolute Gasteiger partial charge is 0.263 e. The van der Waals surface area contributed by atoms with Crippen molar-refractivity contribution in [3.05, 3.63) is 64.0 Å². The number of carbonyl (C=O) groups excluding carboxylic acids is 1. The van der Waals surface area contributed by atoms with E-state index in [1.165, 1.54) is 11.3 Å². The Morgan fingerprint density at radius 2 is 1.85 bits per heavy atom. The lowest BCUT2D eigenvalue weighted by Gasteiger charge is -2.35. The number of benzene rings is 2. The van der Waals surface area contributed by atoms with E-state index in [9.17, 15) is 4.79 Å². The Morgan fingerprint density at radius 3 is 2.55 bits per heavy atom. The number of hydrogen-bond donors (Lipinski definition) is 1. The van der Waals surface area contributed by atoms with Gasteiger partial charge in [0.05, 0.1) is 44.2 Å². The van der Waals surface area contributed by atoms with Crippen molar-refractivity contribution in [1.29, 1.82) is 0 Å². The highest BCUT2D eigenvalue weighted by molar-refractivity contribution is 7.14. The summed E-state index contributed by atoms with van der Waals surface area (Å²) in [7, 11) is 3.25. The first-order chi connectivity index (χ1) is 16.1. The molecule has 1 amide bonds. The van der Waals surface area contributed by atoms with Crippen LogP contribution in [0.5, 0.6) is 11.5 Å². The fraction of sp³-hybridized carbons (Fsp3) is 0.360. The predicted molar refractivity (Wildman–Crippen MR) is 129 cm³/mol. The summed E-state index contributed by atoms with van der Waals surface area (Å²) >= 11 is 1.42. The minimum atomic E-state index is -0.113. The molecule has 8 heteroatoms. The van der Waals surface area contributed by atoms with Crippen LogP contribution in [0.25, 0.3) is 11.3 Å². The van der Waals surface area contributed by atoms with E-state index >= 15 is 0 Å². The summed E-state index contributed by atoms with van der Waals surface area (Å²) < 4.78 is 16.5. The van der Waals surface area contributed by atoms with Crippen LogP contribution in [0.4, 0.5) is 0 Å². The lowest BCUT2D eigenvalue weighted by molar-refractivity contribution is 0.0162. The Hall–Kier alpha value is -2.94. The van der Waals surface area contributed by atoms with Gasteiger partial charge in [0.15, 0.2) is 11.5 Å². The number of rotatable bonds is 8. The Labute approximate surface area is 198 Å². The second-order valence-corrected chi connectivity index (χ2v) is 8.97. The minimum Gasteiger partial charge on any atom is -0.493 e. The first-order valence-corrected chi connectivity index (χ1v) is 11.8. The number of aromatic nitrogens is 1. The van der Waals surface area contributed by atoms with Gasteiger partial charge in [0.1, 0.15) is 4.88 Å². The van der Waals surface area contributed by atoms with Crippen molar-refractivity contribution in [3.8, 4) is 22.8 Å². The second-order valence-electron chi connectivity index (χ2n) is 7.77. The zero-order valence-corrected chi connectivity index (χ0v) is 20.0. The Bertz CT molecular complexity index is 1080. The number of thiazole rings is 1. The van der Waals surface area contributed by atoms with Gasteiger partial charge in [0.2, 0.25) is 0 Å². The molecule has 2 heterocycles. The standard InChI is InChI=1S/C25H29N3O4S/c1-17-27-23(18-7-5-4-6-8-18)24(33-17)25(29)26-16-20(28-11-13-32-14-12-28)19-9-10-21(30-2)22(15-19)31-3/h4-10,15,20H,11-14,16H2,1-3H3,(H,26,29). The molecular weight excluding hydrogens is 438 g/mol. The first kappa shape index (κ1) is 23.2. The maximum absolute atomic E-state index is 13.3. The van der Waals surface area contributed by atoms with Gasteiger partial charge in [-0.15, -0.1) is 11.3 Å². The molecule has 0 spiro atoms. The number of aryl methyl sites for hydroxylation is 1. The molecule has 0 saturated carbocycles. The summed E-state index contributed by atoms with van der Waals surface area (Å²) in [5, 5.41) is 4.03. The lowest BCUT2D eigenvalue weighted by Crippen LogP contribution is -2.43. The predicted octanol–water partition coefficient (Wildman–Crippen LogP) is 3.94. The molecule has 1 aliphatic rings. The quantitative estimate of drug-likeness (QED) is 0.541. The number of nitrogens with one attached hydrogen (secondary N) is 1. The average Bonchev–Trinajstić information content (AvgIpc) is 3.27. The summed E-state index contributed by atoms with van der Waals surface area (Å²) in [4.78, 5) is 20.9. The van der Waals surface area contributed by atoms with Gasteiger partial charge in [-0.25, -0.2) is 4.98 Å². The number of amides is 1. The zero-order valence-electron chi connectivity index (χ0n) is 19.2. The molecular formula is C25H29N3O4S. The van der Waals surface area contributed by atoms with E-state index < -0.39 is 0 Å². The maximum atomic E-state index is 13.3. The third-order valence-corrected chi connectivity index (χ3v) is 6.69. The molecule has 1 atom stereocenters. The molecule has 174 valence electrons. The summed E-state index contributed by atoms with van der Waals surface area (Å²) in [5.41, 5.74) is 2.72. The number of morpholine rings is 1. The van der Waals surface area contributed by atoms with Gasteiger partial charge < -0.3 is 19.5 Å². The monoisotopic (exact) mass is 467 g/mol. The fourth-order valence-corrected chi connectivity index (χ4v) is 4.91. The molecule has 0 aliphatic carbocycles. The van der Waals surface area contributed by atoms with Crippen molar-refractivity contribution in [2.75, 3.05) is 47.1 Å². The molecule has 7 nitrogen and oxygen atoms in total. The van der Waals surface area contributed by atoms with E-state index in [2.05, 4.69) is 15.2 Å². The van der Waals surface area contributed by atoms with E-state index in [0.29, 0.717) is 36.1 Å². The maximum Gasteiger partial charge on any atom is 0.263 e. The highest BCUT2D eigenvalue weighted by Gasteiger charge is 2.26. The minimum absolute atomic E-state index is 0.0214. The second kappa shape index (κ2) is 10.8. The fourth-order valence-electron chi connectivity index (χ4n) is 4.05. The van der Waals surface area contributed by atoms with Gasteiger partial charge in [-0.2, -0.15) is 0 Å². The van der Waals surface area contributed by atoms with Gasteiger partial charge in [-0.3, -0.25) is 9.69 Å². The van der Waals surface area contributed by atoms with Crippen molar-refractivity contribution < 1.29 is 19.0 Å². The summed E-state index contributed by atoms with van der Waals surface area (Å²) in [6, 6.07) is 15.7. The van der Waals surface area contributed by atoms with Gasteiger partial charge >= 0.3 is 0 Å². The van der Waals surface area contributed by atoms with E-state index in [1.54, 1.807) is 14.2 Å². The molecule has 1 N–H and O–H groups in total. The third kappa shape index (κ3) is 5.35. The first-order valence-electron chi connectivity index (χ1n) is 11.0. The molecule has 2 aromatic carbocycles. The summed E-state index contributed by atoms with van der Waals surface area (Å²) in [6.07, 6.45) is 0. The molecule has 4 rings (SSSR count). The van der Waals surface area contributed by atoms with E-state index in [-0.39, 0.29) is 11.9 Å². The molecule has 1 saturated heterocycles. The Kier molecular flexibility index (Phi) is 7.59. The molecule has 0 bridgehead atoms. The topological polar surface area (TPSA) is 72.9 Å². The number of carbonyl (C=O) groups is 1. The molecule has 0 radical (unpaired) electrons. The van der Waals surface area contributed by atoms with E-state index in [1.807, 2.05) is 55.5 Å². The van der Waals surface area contributed by atoms with Crippen LogP contribution >= 0.6 is 11.3 Å². The largest absolute Gasteiger partial charge is 0.493 e. The van der Waals surface area contributed by atoms with Crippen molar-refractivity contribution in [2.24, 2.45) is 0 Å². The number of hydrogen-bond acceptors (Lipinski definition) is 7. The van der Waals surface area contributed by atoms with E-state index in [0.717, 1.165) is 34.9 Å². The zero-order chi connectivity index (χ0) is 23.2. The highest BCUT2D eigenvalue weighted by Crippen LogP contribution is 2.33. The van der Waals surface area contributed by atoms with Crippen LogP contribution in [-0.2, 0) is 4.74 Å². The number of nitrogens with zero attached hydrogens (tertiary/aromatic N) is 2. The molecule has 1 aliphatic heterocycles. The highest BCUT2D eigenvalue weighted by atomic mass is 32.1. The van der Waals surface area contributed by atoms with Crippen LogP contribution in [0.1, 0.15) is 26.3 Å². The van der Waals surface area contributed by atoms with Crippen LogP contribution in [0.2, 0.25) is 0 Å². The summed E-state index contributed by atoms with van der Waals surface area (Å²) in [6.45, 7) is 5.31. The Morgan fingerprint density at radius 1 is 1.12 bits per heavy atom. The van der Waals surface area contributed by atoms with E-state index in [4.69, 9.17) is 14.2 Å². The molecule has 1 unspecified atom stereocenters. The van der Waals surface area contributed by atoms with Crippen LogP contribution < -0.4 is 14.8 Å². The average molecular weight is 468 g/mol. The van der Waals surface area contributed by atoms with Gasteiger partial charge in [-0.05, 0) is 24.6 Å². The van der Waals surface area contributed by atoms with Crippen LogP contribution in [0, 0.1) is 6.92 Å². The van der Waals surface area contributed by atoms with Crippen LogP contribution in [0.3, 0.4) is 0 Å². The lowest BCUT2D eigenvalue weighted by atomic mass is 10.0. The van der Waals surface area contributed by atoms with Gasteiger partial charge in [0, 0.05) is 25.2 Å². The molecule has 1 fully saturated rings. The third-order valence-electron chi connectivity index (χ3n) is 5.72. The van der Waals surface area contributed by atoms with Gasteiger partial charge in [-0.1, -0.05) is 36.4 Å².